The minimum Gasteiger partial charge on any atom is -0.0661 e. The molecule has 0 spiro atoms. The second-order valence-corrected chi connectivity index (χ2v) is 8.17. The first-order valence-electron chi connectivity index (χ1n) is 10.4. The highest BCUT2D eigenvalue weighted by Gasteiger charge is 2.25. The van der Waals surface area contributed by atoms with Gasteiger partial charge in [-0.1, -0.05) is 60.4 Å². The van der Waals surface area contributed by atoms with Gasteiger partial charge in [0.15, 0.2) is 0 Å². The van der Waals surface area contributed by atoms with Crippen LogP contribution in [0.1, 0.15) is 81.8 Å². The Morgan fingerprint density at radius 1 is 0.520 bits per heavy atom. The number of rotatable bonds is 0. The Morgan fingerprint density at radius 2 is 1.00 bits per heavy atom. The fourth-order valence-electron chi connectivity index (χ4n) is 5.40. The molecule has 0 heterocycles. The summed E-state index contributed by atoms with van der Waals surface area (Å²) in [5.41, 5.74) is 10.0. The van der Waals surface area contributed by atoms with Crippen molar-refractivity contribution in [3.63, 3.8) is 0 Å². The second kappa shape index (κ2) is 6.48. The number of hydrogen-bond donors (Lipinski definition) is 0. The maximum absolute atomic E-state index is 2.39. The standard InChI is InChI=1S/C25H28/c1-3-9-18(10-4-1)23-17-24(19-11-5-2-6-12-19)22-16-8-14-20-13-7-15-21(23)25(20)22/h7-8,13-16H,1-6,9-12,17H2. The zero-order valence-corrected chi connectivity index (χ0v) is 15.2. The van der Waals surface area contributed by atoms with Crippen LogP contribution in [0.15, 0.2) is 47.5 Å². The molecule has 2 aromatic carbocycles. The molecule has 5 rings (SSSR count). The molecule has 128 valence electrons. The normalized spacial score (nSPS) is 21.1. The lowest BCUT2D eigenvalue weighted by molar-refractivity contribution is 0.597. The maximum atomic E-state index is 2.39. The molecule has 25 heavy (non-hydrogen) atoms. The molecular formula is C25H28. The third kappa shape index (κ3) is 2.67. The van der Waals surface area contributed by atoms with Gasteiger partial charge in [0.25, 0.3) is 0 Å². The molecule has 3 aliphatic carbocycles. The fraction of sp³-hybridized carbons (Fsp3) is 0.440. The van der Waals surface area contributed by atoms with Gasteiger partial charge >= 0.3 is 0 Å². The van der Waals surface area contributed by atoms with Crippen LogP contribution in [0.3, 0.4) is 0 Å². The van der Waals surface area contributed by atoms with E-state index in [2.05, 4.69) is 36.4 Å². The Morgan fingerprint density at radius 3 is 1.48 bits per heavy atom. The molecule has 0 N–H and O–H groups in total. The smallest absolute Gasteiger partial charge is 0.00143 e. The van der Waals surface area contributed by atoms with Crippen LogP contribution in [0, 0.1) is 0 Å². The van der Waals surface area contributed by atoms with Crippen LogP contribution in [-0.2, 0) is 0 Å². The summed E-state index contributed by atoms with van der Waals surface area (Å²) in [7, 11) is 0. The fourth-order valence-corrected chi connectivity index (χ4v) is 5.40. The van der Waals surface area contributed by atoms with Gasteiger partial charge in [0, 0.05) is 0 Å². The van der Waals surface area contributed by atoms with E-state index in [4.69, 9.17) is 0 Å². The van der Waals surface area contributed by atoms with Crippen molar-refractivity contribution in [2.45, 2.75) is 70.6 Å². The van der Waals surface area contributed by atoms with Crippen LogP contribution in [0.5, 0.6) is 0 Å². The lowest BCUT2D eigenvalue weighted by Gasteiger charge is -2.30. The van der Waals surface area contributed by atoms with Crippen molar-refractivity contribution < 1.29 is 0 Å². The largest absolute Gasteiger partial charge is 0.0661 e. The highest BCUT2D eigenvalue weighted by Crippen LogP contribution is 2.48. The molecule has 2 saturated carbocycles. The quantitative estimate of drug-likeness (QED) is 0.465. The molecule has 0 atom stereocenters. The number of allylic oxidation sites excluding steroid dienone is 4. The molecular weight excluding hydrogens is 300 g/mol. The summed E-state index contributed by atoms with van der Waals surface area (Å²) >= 11 is 0. The zero-order valence-electron chi connectivity index (χ0n) is 15.2. The van der Waals surface area contributed by atoms with E-state index in [9.17, 15) is 0 Å². The molecule has 2 aromatic rings. The number of benzene rings is 2. The van der Waals surface area contributed by atoms with E-state index >= 15 is 0 Å². The van der Waals surface area contributed by atoms with E-state index in [0.717, 1.165) is 0 Å². The van der Waals surface area contributed by atoms with Crippen LogP contribution >= 0.6 is 0 Å². The third-order valence-corrected chi connectivity index (χ3v) is 6.68. The second-order valence-electron chi connectivity index (χ2n) is 8.17. The van der Waals surface area contributed by atoms with Gasteiger partial charge in [0.1, 0.15) is 0 Å². The van der Waals surface area contributed by atoms with Crippen molar-refractivity contribution in [2.24, 2.45) is 0 Å². The van der Waals surface area contributed by atoms with Crippen molar-refractivity contribution in [3.8, 4) is 0 Å². The van der Waals surface area contributed by atoms with E-state index in [1.54, 1.807) is 33.4 Å². The third-order valence-electron chi connectivity index (χ3n) is 6.68. The van der Waals surface area contributed by atoms with E-state index in [-0.39, 0.29) is 0 Å². The molecule has 0 radical (unpaired) electrons. The van der Waals surface area contributed by atoms with Crippen LogP contribution in [-0.4, -0.2) is 0 Å². The molecule has 0 aliphatic heterocycles. The summed E-state index contributed by atoms with van der Waals surface area (Å²) < 4.78 is 0. The monoisotopic (exact) mass is 328 g/mol. The van der Waals surface area contributed by atoms with Crippen LogP contribution in [0.2, 0.25) is 0 Å². The molecule has 3 aliphatic rings. The molecule has 2 fully saturated rings. The summed E-state index contributed by atoms with van der Waals surface area (Å²) in [6.07, 6.45) is 14.9. The van der Waals surface area contributed by atoms with Crippen molar-refractivity contribution in [1.29, 1.82) is 0 Å². The average Bonchev–Trinajstić information content (AvgIpc) is 2.70. The van der Waals surface area contributed by atoms with Crippen molar-refractivity contribution >= 4 is 21.9 Å². The lowest BCUT2D eigenvalue weighted by Crippen LogP contribution is -2.08. The molecule has 0 amide bonds. The first kappa shape index (κ1) is 15.4. The molecule has 0 bridgehead atoms. The van der Waals surface area contributed by atoms with Crippen LogP contribution < -0.4 is 0 Å². The Balaban J connectivity index is 1.78. The van der Waals surface area contributed by atoms with Gasteiger partial charge in [-0.25, -0.2) is 0 Å². The number of hydrogen-bond acceptors (Lipinski definition) is 0. The molecule has 0 nitrogen and oxygen atoms in total. The van der Waals surface area contributed by atoms with Gasteiger partial charge in [0.2, 0.25) is 0 Å². The van der Waals surface area contributed by atoms with E-state index in [0.29, 0.717) is 0 Å². The van der Waals surface area contributed by atoms with Gasteiger partial charge in [-0.2, -0.15) is 0 Å². The van der Waals surface area contributed by atoms with Gasteiger partial charge in [-0.15, -0.1) is 0 Å². The van der Waals surface area contributed by atoms with Gasteiger partial charge in [0.05, 0.1) is 0 Å². The van der Waals surface area contributed by atoms with Crippen LogP contribution in [0.25, 0.3) is 21.9 Å². The highest BCUT2D eigenvalue weighted by atomic mass is 14.3. The summed E-state index contributed by atoms with van der Waals surface area (Å²) in [5, 5.41) is 2.97. The van der Waals surface area contributed by atoms with Crippen LogP contribution in [0.4, 0.5) is 0 Å². The van der Waals surface area contributed by atoms with Gasteiger partial charge in [-0.3, -0.25) is 0 Å². The molecule has 0 aromatic heterocycles. The minimum absolute atomic E-state index is 1.20. The Kier molecular flexibility index (Phi) is 4.00. The Bertz CT molecular complexity index is 793. The summed E-state index contributed by atoms with van der Waals surface area (Å²) in [6, 6.07) is 13.9. The molecule has 0 saturated heterocycles. The summed E-state index contributed by atoms with van der Waals surface area (Å²) in [6.45, 7) is 0. The molecule has 0 heteroatoms. The maximum Gasteiger partial charge on any atom is -0.00143 e. The van der Waals surface area contributed by atoms with Gasteiger partial charge in [-0.05, 0) is 90.8 Å². The topological polar surface area (TPSA) is 0 Å². The zero-order chi connectivity index (χ0) is 16.6. The van der Waals surface area contributed by atoms with Crippen molar-refractivity contribution in [1.82, 2.24) is 0 Å². The van der Waals surface area contributed by atoms with E-state index < -0.39 is 0 Å². The SMILES string of the molecule is c1cc2c3c(cccc3c1)C(=C1CCCCC1)CC2=C1CCCCC1. The predicted octanol–water partition coefficient (Wildman–Crippen LogP) is 7.68. The summed E-state index contributed by atoms with van der Waals surface area (Å²) in [4.78, 5) is 0. The predicted molar refractivity (Wildman–Crippen MR) is 109 cm³/mol. The minimum atomic E-state index is 1.20. The highest BCUT2D eigenvalue weighted by molar-refractivity contribution is 6.07. The Labute approximate surface area is 151 Å². The van der Waals surface area contributed by atoms with E-state index in [1.807, 2.05) is 0 Å². The van der Waals surface area contributed by atoms with E-state index in [1.165, 1.54) is 81.4 Å². The average molecular weight is 328 g/mol. The first-order valence-corrected chi connectivity index (χ1v) is 10.4. The van der Waals surface area contributed by atoms with Crippen molar-refractivity contribution in [2.75, 3.05) is 0 Å². The summed E-state index contributed by atoms with van der Waals surface area (Å²) in [5.74, 6) is 0. The lowest BCUT2D eigenvalue weighted by atomic mass is 9.75. The Hall–Kier alpha value is -1.82. The van der Waals surface area contributed by atoms with Gasteiger partial charge < -0.3 is 0 Å². The first-order chi connectivity index (χ1) is 12.4. The van der Waals surface area contributed by atoms with Crippen molar-refractivity contribution in [3.05, 3.63) is 58.7 Å². The molecule has 0 unspecified atom stereocenters.